The molecule has 6 heteroatoms. The molecule has 1 aromatic carbocycles. The van der Waals surface area contributed by atoms with Gasteiger partial charge < -0.3 is 20.2 Å². The van der Waals surface area contributed by atoms with Crippen molar-refractivity contribution in [3.8, 4) is 0 Å². The van der Waals surface area contributed by atoms with Crippen molar-refractivity contribution < 1.29 is 14.3 Å². The van der Waals surface area contributed by atoms with Crippen LogP contribution in [0.5, 0.6) is 0 Å². The van der Waals surface area contributed by atoms with E-state index in [9.17, 15) is 9.90 Å². The summed E-state index contributed by atoms with van der Waals surface area (Å²) < 4.78 is 5.21. The molecule has 0 aliphatic carbocycles. The van der Waals surface area contributed by atoms with E-state index in [0.717, 1.165) is 26.1 Å². The lowest BCUT2D eigenvalue weighted by atomic mass is 9.92. The van der Waals surface area contributed by atoms with E-state index in [0.29, 0.717) is 12.3 Å². The van der Waals surface area contributed by atoms with Crippen LogP contribution in [0, 0.1) is 5.92 Å². The highest BCUT2D eigenvalue weighted by atomic mass is 16.3. The number of aliphatic hydroxyl groups excluding tert-OH is 1. The summed E-state index contributed by atoms with van der Waals surface area (Å²) >= 11 is 0. The maximum Gasteiger partial charge on any atom is 0.315 e. The maximum atomic E-state index is 12.2. The van der Waals surface area contributed by atoms with Crippen LogP contribution in [0.3, 0.4) is 0 Å². The van der Waals surface area contributed by atoms with Crippen LogP contribution in [-0.4, -0.2) is 41.8 Å². The Labute approximate surface area is 147 Å². The minimum absolute atomic E-state index is 0.0703. The van der Waals surface area contributed by atoms with Gasteiger partial charge in [0.15, 0.2) is 0 Å². The number of carbonyl (C=O) groups is 1. The predicted molar refractivity (Wildman–Crippen MR) is 94.8 cm³/mol. The van der Waals surface area contributed by atoms with E-state index in [4.69, 9.17) is 4.42 Å². The molecule has 1 fully saturated rings. The summed E-state index contributed by atoms with van der Waals surface area (Å²) in [5.41, 5.74) is 1.26. The Kier molecular flexibility index (Phi) is 6.09. The predicted octanol–water partition coefficient (Wildman–Crippen LogP) is 1.96. The number of likely N-dealkylation sites (tertiary alicyclic amines) is 1. The van der Waals surface area contributed by atoms with E-state index in [2.05, 4.69) is 27.7 Å². The Hall–Kier alpha value is -2.31. The quantitative estimate of drug-likeness (QED) is 0.749. The van der Waals surface area contributed by atoms with Gasteiger partial charge >= 0.3 is 6.03 Å². The van der Waals surface area contributed by atoms with Crippen LogP contribution in [0.2, 0.25) is 0 Å². The minimum Gasteiger partial charge on any atom is -0.467 e. The summed E-state index contributed by atoms with van der Waals surface area (Å²) in [5.74, 6) is 0.796. The van der Waals surface area contributed by atoms with Crippen LogP contribution in [0.4, 0.5) is 4.79 Å². The van der Waals surface area contributed by atoms with Gasteiger partial charge in [-0.25, -0.2) is 4.79 Å². The first kappa shape index (κ1) is 17.5. The number of nitrogens with zero attached hydrogens (tertiary/aromatic N) is 1. The molecule has 2 atom stereocenters. The minimum atomic E-state index is -0.235. The molecule has 2 amide bonds. The fourth-order valence-electron chi connectivity index (χ4n) is 3.24. The molecule has 0 radical (unpaired) electrons. The highest BCUT2D eigenvalue weighted by Crippen LogP contribution is 2.19. The number of piperidine rings is 1. The van der Waals surface area contributed by atoms with E-state index in [1.807, 2.05) is 24.3 Å². The molecule has 3 rings (SSSR count). The number of nitrogens with one attached hydrogen (secondary N) is 2. The number of rotatable bonds is 6. The number of hydrogen-bond acceptors (Lipinski definition) is 4. The first-order valence-corrected chi connectivity index (χ1v) is 8.68. The van der Waals surface area contributed by atoms with Crippen molar-refractivity contribution in [1.29, 1.82) is 0 Å². The fourth-order valence-corrected chi connectivity index (χ4v) is 3.24. The largest absolute Gasteiger partial charge is 0.467 e. The number of aliphatic hydroxyl groups is 1. The Balaban J connectivity index is 1.52. The number of carbonyl (C=O) groups excluding carboxylic acids is 1. The van der Waals surface area contributed by atoms with Crippen LogP contribution in [0.1, 0.15) is 17.7 Å². The molecule has 1 saturated heterocycles. The molecule has 25 heavy (non-hydrogen) atoms. The standard InChI is InChI=1S/C19H25N3O3/c23-14-16-8-9-22(12-15-5-2-1-3-6-15)13-18(16)21-19(24)20-11-17-7-4-10-25-17/h1-7,10,16,18,23H,8-9,11-14H2,(H2,20,21,24)/t16-,18-/m0/s1. The van der Waals surface area contributed by atoms with Gasteiger partial charge in [-0.3, -0.25) is 4.90 Å². The number of amides is 2. The molecule has 0 bridgehead atoms. The van der Waals surface area contributed by atoms with Crippen molar-refractivity contribution in [2.45, 2.75) is 25.6 Å². The van der Waals surface area contributed by atoms with Crippen LogP contribution in [-0.2, 0) is 13.1 Å². The Morgan fingerprint density at radius 3 is 2.80 bits per heavy atom. The second-order valence-corrected chi connectivity index (χ2v) is 6.46. The summed E-state index contributed by atoms with van der Waals surface area (Å²) in [6.07, 6.45) is 2.45. The zero-order valence-corrected chi connectivity index (χ0v) is 14.2. The van der Waals surface area contributed by atoms with Crippen molar-refractivity contribution in [3.63, 3.8) is 0 Å². The molecule has 1 aromatic heterocycles. The molecule has 0 spiro atoms. The third-order valence-corrected chi connectivity index (χ3v) is 4.64. The lowest BCUT2D eigenvalue weighted by molar-refractivity contribution is 0.0946. The van der Waals surface area contributed by atoms with Crippen LogP contribution >= 0.6 is 0 Å². The number of hydrogen-bond donors (Lipinski definition) is 3. The molecule has 1 aliphatic heterocycles. The number of benzene rings is 1. The van der Waals surface area contributed by atoms with E-state index in [-0.39, 0.29) is 24.6 Å². The topological polar surface area (TPSA) is 77.7 Å². The normalized spacial score (nSPS) is 21.0. The Morgan fingerprint density at radius 1 is 1.24 bits per heavy atom. The molecule has 0 saturated carbocycles. The highest BCUT2D eigenvalue weighted by molar-refractivity contribution is 5.74. The third kappa shape index (κ3) is 5.08. The van der Waals surface area contributed by atoms with Crippen LogP contribution in [0.15, 0.2) is 53.1 Å². The van der Waals surface area contributed by atoms with Gasteiger partial charge in [-0.05, 0) is 30.7 Å². The second-order valence-electron chi connectivity index (χ2n) is 6.46. The second kappa shape index (κ2) is 8.69. The molecule has 6 nitrogen and oxygen atoms in total. The van der Waals surface area contributed by atoms with Crippen molar-refractivity contribution in [3.05, 3.63) is 60.1 Å². The monoisotopic (exact) mass is 343 g/mol. The first-order chi connectivity index (χ1) is 12.2. The van der Waals surface area contributed by atoms with Crippen molar-refractivity contribution in [1.82, 2.24) is 15.5 Å². The molecular weight excluding hydrogens is 318 g/mol. The zero-order chi connectivity index (χ0) is 17.5. The smallest absolute Gasteiger partial charge is 0.315 e. The van der Waals surface area contributed by atoms with E-state index in [1.165, 1.54) is 5.56 Å². The summed E-state index contributed by atoms with van der Waals surface area (Å²) in [7, 11) is 0. The molecule has 0 unspecified atom stereocenters. The van der Waals surface area contributed by atoms with Gasteiger partial charge in [-0.2, -0.15) is 0 Å². The molecule has 134 valence electrons. The number of urea groups is 1. The van der Waals surface area contributed by atoms with Gasteiger partial charge in [-0.15, -0.1) is 0 Å². The van der Waals surface area contributed by atoms with E-state index in [1.54, 1.807) is 12.3 Å². The van der Waals surface area contributed by atoms with Crippen LogP contribution < -0.4 is 10.6 Å². The summed E-state index contributed by atoms with van der Waals surface area (Å²) in [5, 5.41) is 15.4. The van der Waals surface area contributed by atoms with Crippen molar-refractivity contribution >= 4 is 6.03 Å². The van der Waals surface area contributed by atoms with E-state index < -0.39 is 0 Å². The highest BCUT2D eigenvalue weighted by Gasteiger charge is 2.29. The summed E-state index contributed by atoms with van der Waals surface area (Å²) in [6.45, 7) is 2.94. The number of furan rings is 1. The maximum absolute atomic E-state index is 12.2. The summed E-state index contributed by atoms with van der Waals surface area (Å²) in [4.78, 5) is 14.5. The van der Waals surface area contributed by atoms with Gasteiger partial charge in [0.05, 0.1) is 12.8 Å². The molecule has 2 aromatic rings. The van der Waals surface area contributed by atoms with Crippen LogP contribution in [0.25, 0.3) is 0 Å². The third-order valence-electron chi connectivity index (χ3n) is 4.64. The Morgan fingerprint density at radius 2 is 2.08 bits per heavy atom. The first-order valence-electron chi connectivity index (χ1n) is 8.68. The van der Waals surface area contributed by atoms with Gasteiger partial charge in [-0.1, -0.05) is 30.3 Å². The lowest BCUT2D eigenvalue weighted by Crippen LogP contribution is -2.55. The molecule has 1 aliphatic rings. The van der Waals surface area contributed by atoms with Gasteiger partial charge in [0.25, 0.3) is 0 Å². The fraction of sp³-hybridized carbons (Fsp3) is 0.421. The van der Waals surface area contributed by atoms with Crippen molar-refractivity contribution in [2.24, 2.45) is 5.92 Å². The van der Waals surface area contributed by atoms with Gasteiger partial charge in [0, 0.05) is 31.7 Å². The van der Waals surface area contributed by atoms with Gasteiger partial charge in [0.1, 0.15) is 5.76 Å². The SMILES string of the molecule is O=C(NCc1ccco1)N[C@H]1CN(Cc2ccccc2)CC[C@H]1CO. The Bertz CT molecular complexity index is 645. The average Bonchev–Trinajstić information content (AvgIpc) is 3.15. The van der Waals surface area contributed by atoms with Gasteiger partial charge in [0.2, 0.25) is 0 Å². The zero-order valence-electron chi connectivity index (χ0n) is 14.2. The lowest BCUT2D eigenvalue weighted by Gasteiger charge is -2.38. The molecule has 3 N–H and O–H groups in total. The van der Waals surface area contributed by atoms with Crippen molar-refractivity contribution in [2.75, 3.05) is 19.7 Å². The molecule has 2 heterocycles. The average molecular weight is 343 g/mol. The molecular formula is C19H25N3O3. The van der Waals surface area contributed by atoms with E-state index >= 15 is 0 Å². The summed E-state index contributed by atoms with van der Waals surface area (Å²) in [6, 6.07) is 13.6.